The average Bonchev–Trinajstić information content (AvgIpc) is 3.23. The molecule has 3 heterocycles. The van der Waals surface area contributed by atoms with Crippen molar-refractivity contribution in [3.63, 3.8) is 0 Å². The molecule has 2 aliphatic heterocycles. The molecule has 31 heavy (non-hydrogen) atoms. The van der Waals surface area contributed by atoms with Gasteiger partial charge < -0.3 is 19.9 Å². The molecule has 0 aliphatic carbocycles. The smallest absolute Gasteiger partial charge is 0.419 e. The molecule has 1 aromatic heterocycles. The molecule has 0 spiro atoms. The molecule has 13 heteroatoms. The maximum atomic E-state index is 13.5. The highest BCUT2D eigenvalue weighted by Crippen LogP contribution is 2.35. The first-order chi connectivity index (χ1) is 14.5. The zero-order valence-electron chi connectivity index (χ0n) is 16.2. The molecule has 0 unspecified atom stereocenters. The molecular formula is C18H19F4N4O4S+. The molecule has 2 aromatic rings. The second-order valence-corrected chi connectivity index (χ2v) is 9.17. The van der Waals surface area contributed by atoms with Crippen LogP contribution in [-0.4, -0.2) is 44.6 Å². The number of aryl methyl sites for hydroxylation is 1. The number of carbonyl (C=O) groups excluding carboxylic acids is 1. The minimum atomic E-state index is -4.94. The number of nitrogens with zero attached hydrogens (tertiary/aromatic N) is 1. The number of nitrogens with two attached hydrogens (primary N) is 1. The number of carbonyl (C=O) groups is 1. The Bertz CT molecular complexity index is 1150. The third-order valence-corrected chi connectivity index (χ3v) is 6.83. The van der Waals surface area contributed by atoms with Crippen molar-refractivity contribution >= 4 is 21.6 Å². The number of anilines is 1. The predicted octanol–water partition coefficient (Wildman–Crippen LogP) is 0.668. The predicted molar refractivity (Wildman–Crippen MR) is 99.5 cm³/mol. The zero-order valence-corrected chi connectivity index (χ0v) is 17.0. The van der Waals surface area contributed by atoms with Crippen LogP contribution in [0.4, 0.5) is 23.2 Å². The zero-order chi connectivity index (χ0) is 22.6. The summed E-state index contributed by atoms with van der Waals surface area (Å²) in [6.45, 7) is 1.37. The summed E-state index contributed by atoms with van der Waals surface area (Å²) >= 11 is 0. The average molecular weight is 463 g/mol. The summed E-state index contributed by atoms with van der Waals surface area (Å²) in [5.74, 6) is -2.66. The number of fused-ring (bicyclic) bond motifs is 2. The van der Waals surface area contributed by atoms with Crippen molar-refractivity contribution in [1.82, 2.24) is 9.29 Å². The summed E-state index contributed by atoms with van der Waals surface area (Å²) in [6.07, 6.45) is -3.74. The molecule has 0 radical (unpaired) electrons. The Morgan fingerprint density at radius 1 is 1.32 bits per heavy atom. The number of alkyl halides is 3. The minimum absolute atomic E-state index is 0.106. The van der Waals surface area contributed by atoms with Crippen LogP contribution in [-0.2, 0) is 23.2 Å². The topological polar surface area (TPSA) is 106 Å². The lowest BCUT2D eigenvalue weighted by Gasteiger charge is -2.22. The highest BCUT2D eigenvalue weighted by atomic mass is 32.2. The summed E-state index contributed by atoms with van der Waals surface area (Å²) in [5.41, 5.74) is -2.01. The van der Waals surface area contributed by atoms with Crippen molar-refractivity contribution in [3.8, 4) is 5.75 Å². The molecular weight excluding hydrogens is 444 g/mol. The Labute approximate surface area is 174 Å². The molecule has 8 nitrogen and oxygen atoms in total. The monoisotopic (exact) mass is 463 g/mol. The second kappa shape index (κ2) is 7.50. The molecule has 1 aromatic carbocycles. The van der Waals surface area contributed by atoms with E-state index < -0.39 is 33.5 Å². The van der Waals surface area contributed by atoms with Gasteiger partial charge in [-0.25, -0.2) is 17.5 Å². The molecule has 2 atom stereocenters. The second-order valence-electron chi connectivity index (χ2n) is 7.49. The first kappa shape index (κ1) is 21.6. The van der Waals surface area contributed by atoms with E-state index in [0.29, 0.717) is 25.2 Å². The summed E-state index contributed by atoms with van der Waals surface area (Å²) in [4.78, 5) is 12.6. The number of hydrogen-bond acceptors (Lipinski definition) is 4. The van der Waals surface area contributed by atoms with Gasteiger partial charge in [0.05, 0.1) is 37.2 Å². The number of rotatable bonds is 2. The third kappa shape index (κ3) is 4.00. The normalized spacial score (nSPS) is 22.6. The van der Waals surface area contributed by atoms with Crippen molar-refractivity contribution < 1.29 is 40.8 Å². The molecule has 168 valence electrons. The molecule has 0 bridgehead atoms. The van der Waals surface area contributed by atoms with Crippen LogP contribution in [0.15, 0.2) is 29.3 Å². The lowest BCUT2D eigenvalue weighted by molar-refractivity contribution is -0.638. The maximum absolute atomic E-state index is 13.5. The fourth-order valence-corrected chi connectivity index (χ4v) is 5.32. The fourth-order valence-electron chi connectivity index (χ4n) is 3.81. The van der Waals surface area contributed by atoms with Gasteiger partial charge >= 0.3 is 6.18 Å². The van der Waals surface area contributed by atoms with E-state index in [9.17, 15) is 30.8 Å². The quantitative estimate of drug-likeness (QED) is 0.570. The van der Waals surface area contributed by atoms with Crippen molar-refractivity contribution in [2.24, 2.45) is 13.0 Å². The van der Waals surface area contributed by atoms with Crippen molar-refractivity contribution in [2.75, 3.05) is 25.0 Å². The summed E-state index contributed by atoms with van der Waals surface area (Å²) < 4.78 is 87.6. The van der Waals surface area contributed by atoms with E-state index >= 15 is 0 Å². The van der Waals surface area contributed by atoms with E-state index in [1.165, 1.54) is 17.8 Å². The number of benzene rings is 1. The van der Waals surface area contributed by atoms with Crippen LogP contribution >= 0.6 is 0 Å². The summed E-state index contributed by atoms with van der Waals surface area (Å²) in [5, 5.41) is 4.21. The van der Waals surface area contributed by atoms with Gasteiger partial charge in [-0.15, -0.1) is 0 Å². The van der Waals surface area contributed by atoms with Crippen LogP contribution in [0.1, 0.15) is 16.1 Å². The fraction of sp³-hybridized carbons (Fsp3) is 0.389. The van der Waals surface area contributed by atoms with Crippen LogP contribution in [0.25, 0.3) is 0 Å². The Kier molecular flexibility index (Phi) is 5.22. The summed E-state index contributed by atoms with van der Waals surface area (Å²) in [7, 11) is -2.57. The molecule has 0 saturated carbocycles. The van der Waals surface area contributed by atoms with E-state index in [4.69, 9.17) is 4.74 Å². The Morgan fingerprint density at radius 3 is 2.77 bits per heavy atom. The highest BCUT2D eigenvalue weighted by Gasteiger charge is 2.40. The van der Waals surface area contributed by atoms with Crippen LogP contribution < -0.4 is 20.1 Å². The Morgan fingerprint density at radius 2 is 2.06 bits per heavy atom. The van der Waals surface area contributed by atoms with Gasteiger partial charge in [-0.1, -0.05) is 0 Å². The van der Waals surface area contributed by atoms with Gasteiger partial charge in [0.1, 0.15) is 10.7 Å². The van der Waals surface area contributed by atoms with Crippen LogP contribution in [0.3, 0.4) is 0 Å². The molecule has 4 rings (SSSR count). The van der Waals surface area contributed by atoms with Crippen LogP contribution in [0.5, 0.6) is 5.75 Å². The number of quaternary nitrogens is 1. The van der Waals surface area contributed by atoms with Crippen molar-refractivity contribution in [2.45, 2.75) is 17.1 Å². The maximum Gasteiger partial charge on any atom is 0.419 e. The SMILES string of the molecule is Cn1cc2c(c1C(=O)Nc1ccc(F)c(C(F)(F)F)c1)OC[C@@H]1C[NH2+]C[C@@H]1NS2(=O)=O. The van der Waals surface area contributed by atoms with E-state index in [0.717, 1.165) is 6.07 Å². The van der Waals surface area contributed by atoms with Gasteiger partial charge in [0.25, 0.3) is 5.91 Å². The van der Waals surface area contributed by atoms with Crippen LogP contribution in [0.2, 0.25) is 0 Å². The van der Waals surface area contributed by atoms with E-state index in [-0.39, 0.29) is 40.6 Å². The standard InChI is InChI=1S/C18H18F4N4O4S/c1-26-7-14-16(30-8-9-5-23-6-13(9)25-31(14,28)29)15(26)17(27)24-10-2-3-12(19)11(4-10)18(20,21)22/h2-4,7,9,13,23,25H,5-6,8H2,1H3,(H,24,27)/p+1/t9-,13-/m0/s1. The van der Waals surface area contributed by atoms with Gasteiger partial charge in [0, 0.05) is 18.9 Å². The molecule has 2 aliphatic rings. The van der Waals surface area contributed by atoms with E-state index in [2.05, 4.69) is 10.0 Å². The lowest BCUT2D eigenvalue weighted by atomic mass is 10.1. The molecule has 1 amide bonds. The largest absolute Gasteiger partial charge is 0.489 e. The number of sulfonamides is 1. The molecule has 1 fully saturated rings. The number of aromatic nitrogens is 1. The first-order valence-corrected chi connectivity index (χ1v) is 10.8. The van der Waals surface area contributed by atoms with Gasteiger partial charge in [-0.2, -0.15) is 13.2 Å². The van der Waals surface area contributed by atoms with Gasteiger partial charge in [0.2, 0.25) is 10.0 Å². The van der Waals surface area contributed by atoms with Crippen molar-refractivity contribution in [1.29, 1.82) is 0 Å². The number of halogens is 4. The van der Waals surface area contributed by atoms with Gasteiger partial charge in [-0.05, 0) is 18.2 Å². The van der Waals surface area contributed by atoms with Gasteiger partial charge in [-0.3, -0.25) is 4.79 Å². The van der Waals surface area contributed by atoms with Crippen LogP contribution in [0, 0.1) is 11.7 Å². The van der Waals surface area contributed by atoms with E-state index in [1.807, 2.05) is 5.32 Å². The Balaban J connectivity index is 1.69. The molecule has 1 saturated heterocycles. The molecule has 4 N–H and O–H groups in total. The lowest BCUT2D eigenvalue weighted by Crippen LogP contribution is -2.82. The number of hydrogen-bond donors (Lipinski definition) is 3. The number of amides is 1. The van der Waals surface area contributed by atoms with Gasteiger partial charge in [0.15, 0.2) is 11.4 Å². The third-order valence-electron chi connectivity index (χ3n) is 5.34. The van der Waals surface area contributed by atoms with E-state index in [1.54, 1.807) is 0 Å². The van der Waals surface area contributed by atoms with Crippen molar-refractivity contribution in [3.05, 3.63) is 41.5 Å². The Hall–Kier alpha value is -2.64. The summed E-state index contributed by atoms with van der Waals surface area (Å²) in [6, 6.07) is 1.73. The number of nitrogens with one attached hydrogen (secondary N) is 2. The highest BCUT2D eigenvalue weighted by molar-refractivity contribution is 7.89. The minimum Gasteiger partial charge on any atom is -0.489 e. The first-order valence-electron chi connectivity index (χ1n) is 9.31. The number of ether oxygens (including phenoxy) is 1.